The van der Waals surface area contributed by atoms with Gasteiger partial charge < -0.3 is 4.90 Å². The van der Waals surface area contributed by atoms with Crippen LogP contribution < -0.4 is 0 Å². The molecular formula is C27H25F3N4O. The van der Waals surface area contributed by atoms with E-state index in [4.69, 9.17) is 0 Å². The SMILES string of the molecule is Cc1cc(C2=NCc3ncc(C(=O)C[C@@H]4CN(C)C[C@H]4c4ccccc4C(F)(F)F)cc32)ccn1. The molecule has 2 aromatic heterocycles. The lowest BCUT2D eigenvalue weighted by molar-refractivity contribution is -0.138. The van der Waals surface area contributed by atoms with Crippen LogP contribution in [-0.4, -0.2) is 46.5 Å². The zero-order chi connectivity index (χ0) is 24.7. The zero-order valence-corrected chi connectivity index (χ0v) is 19.5. The molecule has 3 aromatic rings. The molecule has 5 rings (SSSR count). The quantitative estimate of drug-likeness (QED) is 0.481. The number of alkyl halides is 3. The third kappa shape index (κ3) is 4.62. The average molecular weight is 479 g/mol. The molecule has 8 heteroatoms. The summed E-state index contributed by atoms with van der Waals surface area (Å²) in [5.41, 5.74) is 4.31. The number of aliphatic imine (C=N–C) groups is 1. The van der Waals surface area contributed by atoms with Crippen LogP contribution in [0.4, 0.5) is 13.2 Å². The Balaban J connectivity index is 1.41. The number of rotatable bonds is 5. The van der Waals surface area contributed by atoms with Crippen LogP contribution in [0.15, 0.2) is 59.9 Å². The molecule has 180 valence electrons. The molecule has 4 heterocycles. The predicted molar refractivity (Wildman–Crippen MR) is 127 cm³/mol. The first-order valence-corrected chi connectivity index (χ1v) is 11.6. The Morgan fingerprint density at radius 2 is 1.91 bits per heavy atom. The van der Waals surface area contributed by atoms with Gasteiger partial charge in [-0.1, -0.05) is 18.2 Å². The molecule has 0 bridgehead atoms. The fourth-order valence-corrected chi connectivity index (χ4v) is 5.24. The first-order valence-electron chi connectivity index (χ1n) is 11.6. The highest BCUT2D eigenvalue weighted by molar-refractivity contribution is 6.15. The molecule has 0 aliphatic carbocycles. The normalized spacial score (nSPS) is 20.1. The number of Topliss-reactive ketones (excluding diaryl/α,β-unsaturated/α-hetero) is 1. The fourth-order valence-electron chi connectivity index (χ4n) is 5.24. The number of aryl methyl sites for hydroxylation is 1. The van der Waals surface area contributed by atoms with Crippen LogP contribution >= 0.6 is 0 Å². The molecule has 0 N–H and O–H groups in total. The Bertz CT molecular complexity index is 1320. The maximum absolute atomic E-state index is 13.7. The molecule has 0 saturated carbocycles. The van der Waals surface area contributed by atoms with Crippen LogP contribution in [0, 0.1) is 12.8 Å². The van der Waals surface area contributed by atoms with E-state index >= 15 is 0 Å². The van der Waals surface area contributed by atoms with E-state index in [0.29, 0.717) is 25.2 Å². The van der Waals surface area contributed by atoms with Crippen molar-refractivity contribution in [2.24, 2.45) is 10.9 Å². The van der Waals surface area contributed by atoms with Crippen LogP contribution in [0.5, 0.6) is 0 Å². The maximum atomic E-state index is 13.7. The number of likely N-dealkylation sites (N-methyl/N-ethyl adjacent to an activating group) is 1. The Hall–Kier alpha value is -3.39. The van der Waals surface area contributed by atoms with E-state index in [1.807, 2.05) is 37.1 Å². The molecule has 1 saturated heterocycles. The second-order valence-corrected chi connectivity index (χ2v) is 9.37. The van der Waals surface area contributed by atoms with Gasteiger partial charge in [0.25, 0.3) is 0 Å². The van der Waals surface area contributed by atoms with Crippen LogP contribution in [0.3, 0.4) is 0 Å². The number of carbonyl (C=O) groups is 1. The number of hydrogen-bond donors (Lipinski definition) is 0. The molecule has 35 heavy (non-hydrogen) atoms. The number of nitrogens with zero attached hydrogens (tertiary/aromatic N) is 4. The summed E-state index contributed by atoms with van der Waals surface area (Å²) in [7, 11) is 1.88. The summed E-state index contributed by atoms with van der Waals surface area (Å²) < 4.78 is 41.0. The minimum Gasteiger partial charge on any atom is -0.305 e. The Morgan fingerprint density at radius 3 is 2.69 bits per heavy atom. The number of hydrogen-bond acceptors (Lipinski definition) is 5. The maximum Gasteiger partial charge on any atom is 0.416 e. The minimum absolute atomic E-state index is 0.118. The molecule has 0 spiro atoms. The van der Waals surface area contributed by atoms with Gasteiger partial charge in [0.05, 0.1) is 23.5 Å². The molecule has 1 fully saturated rings. The highest BCUT2D eigenvalue weighted by Crippen LogP contribution is 2.41. The standard InChI is InChI=1S/C27H25F3N4O/c1-16-9-17(7-8-31-16)26-21-10-18(12-32-24(21)13-33-26)25(35)11-19-14-34(2)15-22(19)20-5-3-4-6-23(20)27(28,29)30/h3-10,12,19,22H,11,13-15H2,1-2H3/t19-,22-/m1/s1. The number of carbonyl (C=O) groups excluding carboxylic acids is 1. The van der Waals surface area contributed by atoms with Crippen molar-refractivity contribution in [2.45, 2.75) is 32.0 Å². The third-order valence-electron chi connectivity index (χ3n) is 6.84. The predicted octanol–water partition coefficient (Wildman–Crippen LogP) is 5.07. The van der Waals surface area contributed by atoms with Crippen molar-refractivity contribution in [3.63, 3.8) is 0 Å². The number of halogens is 3. The molecule has 0 unspecified atom stereocenters. The van der Waals surface area contributed by atoms with Gasteiger partial charge in [-0.05, 0) is 49.7 Å². The van der Waals surface area contributed by atoms with Crippen molar-refractivity contribution >= 4 is 11.5 Å². The topological polar surface area (TPSA) is 58.5 Å². The summed E-state index contributed by atoms with van der Waals surface area (Å²) in [5.74, 6) is -0.714. The van der Waals surface area contributed by atoms with Crippen LogP contribution in [0.1, 0.15) is 56.3 Å². The van der Waals surface area contributed by atoms with Crippen LogP contribution in [0.2, 0.25) is 0 Å². The van der Waals surface area contributed by atoms with E-state index in [1.165, 1.54) is 6.07 Å². The van der Waals surface area contributed by atoms with Crippen molar-refractivity contribution in [1.29, 1.82) is 0 Å². The van der Waals surface area contributed by atoms with Crippen molar-refractivity contribution in [3.8, 4) is 0 Å². The van der Waals surface area contributed by atoms with Gasteiger partial charge in [-0.15, -0.1) is 0 Å². The van der Waals surface area contributed by atoms with Gasteiger partial charge in [0.15, 0.2) is 5.78 Å². The largest absolute Gasteiger partial charge is 0.416 e. The van der Waals surface area contributed by atoms with E-state index in [9.17, 15) is 18.0 Å². The van der Waals surface area contributed by atoms with Crippen molar-refractivity contribution in [3.05, 3.63) is 94.1 Å². The second kappa shape index (κ2) is 9.00. The van der Waals surface area contributed by atoms with Gasteiger partial charge in [0.1, 0.15) is 0 Å². The van der Waals surface area contributed by atoms with Crippen molar-refractivity contribution in [1.82, 2.24) is 14.9 Å². The Kier molecular flexibility index (Phi) is 6.01. The minimum atomic E-state index is -4.43. The first-order chi connectivity index (χ1) is 16.7. The molecule has 5 nitrogen and oxygen atoms in total. The lowest BCUT2D eigenvalue weighted by Gasteiger charge is -2.22. The van der Waals surface area contributed by atoms with E-state index < -0.39 is 11.7 Å². The summed E-state index contributed by atoms with van der Waals surface area (Å²) in [6.07, 6.45) is -0.988. The van der Waals surface area contributed by atoms with Gasteiger partial charge in [-0.3, -0.25) is 19.8 Å². The van der Waals surface area contributed by atoms with Crippen molar-refractivity contribution in [2.75, 3.05) is 20.1 Å². The van der Waals surface area contributed by atoms with Crippen LogP contribution in [0.25, 0.3) is 0 Å². The summed E-state index contributed by atoms with van der Waals surface area (Å²) >= 11 is 0. The van der Waals surface area contributed by atoms with Crippen molar-refractivity contribution < 1.29 is 18.0 Å². The smallest absolute Gasteiger partial charge is 0.305 e. The highest BCUT2D eigenvalue weighted by Gasteiger charge is 2.40. The number of benzene rings is 1. The highest BCUT2D eigenvalue weighted by atomic mass is 19.4. The summed E-state index contributed by atoms with van der Waals surface area (Å²) in [4.78, 5) is 28.7. The lowest BCUT2D eigenvalue weighted by atomic mass is 9.82. The van der Waals surface area contributed by atoms with Gasteiger partial charge in [-0.2, -0.15) is 13.2 Å². The first kappa shape index (κ1) is 23.4. The third-order valence-corrected chi connectivity index (χ3v) is 6.84. The lowest BCUT2D eigenvalue weighted by Crippen LogP contribution is -2.19. The average Bonchev–Trinajstić information content (AvgIpc) is 3.41. The zero-order valence-electron chi connectivity index (χ0n) is 19.5. The monoisotopic (exact) mass is 478 g/mol. The summed E-state index contributed by atoms with van der Waals surface area (Å²) in [6.45, 7) is 3.39. The number of likely N-dealkylation sites (tertiary alicyclic amines) is 1. The molecular weight excluding hydrogens is 453 g/mol. The van der Waals surface area contributed by atoms with E-state index in [-0.39, 0.29) is 29.6 Å². The van der Waals surface area contributed by atoms with Gasteiger partial charge in [-0.25, -0.2) is 0 Å². The van der Waals surface area contributed by atoms with E-state index in [2.05, 4.69) is 15.0 Å². The summed E-state index contributed by atoms with van der Waals surface area (Å²) in [6, 6.07) is 11.4. The van der Waals surface area contributed by atoms with Gasteiger partial charge >= 0.3 is 6.18 Å². The molecule has 0 amide bonds. The van der Waals surface area contributed by atoms with Crippen LogP contribution in [-0.2, 0) is 12.7 Å². The number of ketones is 1. The van der Waals surface area contributed by atoms with E-state index in [0.717, 1.165) is 34.3 Å². The Morgan fingerprint density at radius 1 is 1.11 bits per heavy atom. The Labute approximate surface area is 201 Å². The number of fused-ring (bicyclic) bond motifs is 1. The molecule has 2 aliphatic heterocycles. The number of pyridine rings is 2. The van der Waals surface area contributed by atoms with E-state index in [1.54, 1.807) is 24.5 Å². The van der Waals surface area contributed by atoms with Gasteiger partial charge in [0.2, 0.25) is 0 Å². The van der Waals surface area contributed by atoms with Gasteiger partial charge in [0, 0.05) is 60.2 Å². The second-order valence-electron chi connectivity index (χ2n) is 9.37. The molecule has 1 aromatic carbocycles. The summed E-state index contributed by atoms with van der Waals surface area (Å²) in [5, 5.41) is 0. The molecule has 2 atom stereocenters. The molecule has 0 radical (unpaired) electrons. The molecule has 2 aliphatic rings. The number of aromatic nitrogens is 2. The fraction of sp³-hybridized carbons (Fsp3) is 0.333.